The monoisotopic (exact) mass is 264 g/mol. The third-order valence-corrected chi connectivity index (χ3v) is 4.34. The Morgan fingerprint density at radius 1 is 1.33 bits per heavy atom. The predicted molar refractivity (Wildman–Crippen MR) is 75.5 cm³/mol. The number of nitrogens with two attached hydrogens (primary N) is 1. The van der Waals surface area contributed by atoms with Gasteiger partial charge in [-0.3, -0.25) is 4.79 Å². The van der Waals surface area contributed by atoms with Crippen molar-refractivity contribution in [1.82, 2.24) is 4.90 Å². The summed E-state index contributed by atoms with van der Waals surface area (Å²) in [7, 11) is 0. The molecule has 1 aromatic carbocycles. The third-order valence-electron chi connectivity index (χ3n) is 3.24. The Kier molecular flexibility index (Phi) is 4.66. The molecular formula is C14H20N2OS. The van der Waals surface area contributed by atoms with Crippen molar-refractivity contribution < 1.29 is 4.79 Å². The lowest BCUT2D eigenvalue weighted by atomic mass is 10.2. The van der Waals surface area contributed by atoms with E-state index in [-0.39, 0.29) is 11.2 Å². The minimum Gasteiger partial charge on any atom is -0.342 e. The molecule has 98 valence electrons. The summed E-state index contributed by atoms with van der Waals surface area (Å²) in [6, 6.07) is 8.13. The molecule has 3 nitrogen and oxygen atoms in total. The minimum absolute atomic E-state index is 0.00757. The van der Waals surface area contributed by atoms with E-state index in [1.54, 1.807) is 11.8 Å². The van der Waals surface area contributed by atoms with Gasteiger partial charge >= 0.3 is 0 Å². The van der Waals surface area contributed by atoms with Gasteiger partial charge in [0.1, 0.15) is 0 Å². The average molecular weight is 264 g/mol. The van der Waals surface area contributed by atoms with Crippen LogP contribution in [-0.2, 0) is 11.3 Å². The molecule has 1 saturated heterocycles. The van der Waals surface area contributed by atoms with Gasteiger partial charge in [0.15, 0.2) is 0 Å². The lowest BCUT2D eigenvalue weighted by Crippen LogP contribution is -2.33. The number of likely N-dealkylation sites (tertiary alicyclic amines) is 1. The number of carbonyl (C=O) groups excluding carboxylic acids is 1. The van der Waals surface area contributed by atoms with E-state index in [9.17, 15) is 4.79 Å². The number of benzene rings is 1. The fourth-order valence-electron chi connectivity index (χ4n) is 2.15. The molecule has 1 fully saturated rings. The molecule has 1 unspecified atom stereocenters. The summed E-state index contributed by atoms with van der Waals surface area (Å²) in [4.78, 5) is 15.3. The highest BCUT2D eigenvalue weighted by molar-refractivity contribution is 8.00. The zero-order valence-corrected chi connectivity index (χ0v) is 11.6. The Labute approximate surface area is 113 Å². The van der Waals surface area contributed by atoms with E-state index < -0.39 is 0 Å². The van der Waals surface area contributed by atoms with Crippen LogP contribution in [0.15, 0.2) is 29.2 Å². The van der Waals surface area contributed by atoms with Gasteiger partial charge in [-0.2, -0.15) is 0 Å². The van der Waals surface area contributed by atoms with Crippen molar-refractivity contribution in [3.05, 3.63) is 29.8 Å². The molecule has 1 aliphatic rings. The summed E-state index contributed by atoms with van der Waals surface area (Å²) >= 11 is 1.63. The van der Waals surface area contributed by atoms with Crippen molar-refractivity contribution in [3.8, 4) is 0 Å². The molecule has 1 atom stereocenters. The van der Waals surface area contributed by atoms with E-state index in [0.29, 0.717) is 6.54 Å². The first-order valence-corrected chi connectivity index (χ1v) is 7.33. The number of nitrogens with zero attached hydrogens (tertiary/aromatic N) is 1. The van der Waals surface area contributed by atoms with Gasteiger partial charge in [0, 0.05) is 24.5 Å². The Morgan fingerprint density at radius 2 is 1.94 bits per heavy atom. The summed E-state index contributed by atoms with van der Waals surface area (Å²) in [6.07, 6.45) is 2.29. The quantitative estimate of drug-likeness (QED) is 0.848. The SMILES string of the molecule is CC(Sc1ccc(CN)cc1)C(=O)N1CCCC1. The fourth-order valence-corrected chi connectivity index (χ4v) is 3.10. The van der Waals surface area contributed by atoms with Crippen molar-refractivity contribution in [2.24, 2.45) is 5.73 Å². The lowest BCUT2D eigenvalue weighted by Gasteiger charge is -2.19. The topological polar surface area (TPSA) is 46.3 Å². The fraction of sp³-hybridized carbons (Fsp3) is 0.500. The van der Waals surface area contributed by atoms with Gasteiger partial charge in [-0.25, -0.2) is 0 Å². The number of hydrogen-bond acceptors (Lipinski definition) is 3. The van der Waals surface area contributed by atoms with Gasteiger partial charge in [0.2, 0.25) is 5.91 Å². The number of rotatable bonds is 4. The van der Waals surface area contributed by atoms with Crippen LogP contribution in [0.2, 0.25) is 0 Å². The molecule has 2 N–H and O–H groups in total. The maximum atomic E-state index is 12.2. The van der Waals surface area contributed by atoms with Gasteiger partial charge in [-0.15, -0.1) is 11.8 Å². The number of thioether (sulfide) groups is 1. The molecule has 4 heteroatoms. The highest BCUT2D eigenvalue weighted by Gasteiger charge is 2.23. The first-order chi connectivity index (χ1) is 8.70. The van der Waals surface area contributed by atoms with Crippen LogP contribution in [0.25, 0.3) is 0 Å². The first-order valence-electron chi connectivity index (χ1n) is 6.45. The van der Waals surface area contributed by atoms with Gasteiger partial charge in [-0.1, -0.05) is 12.1 Å². The Balaban J connectivity index is 1.92. The van der Waals surface area contributed by atoms with Gasteiger partial charge < -0.3 is 10.6 Å². The normalized spacial score (nSPS) is 16.9. The molecule has 1 amide bonds. The molecule has 0 aliphatic carbocycles. The van der Waals surface area contributed by atoms with Crippen LogP contribution in [0.4, 0.5) is 0 Å². The van der Waals surface area contributed by atoms with Crippen molar-refractivity contribution in [2.75, 3.05) is 13.1 Å². The first kappa shape index (κ1) is 13.4. The molecule has 0 radical (unpaired) electrons. The van der Waals surface area contributed by atoms with Gasteiger partial charge in [0.25, 0.3) is 0 Å². The molecule has 1 heterocycles. The van der Waals surface area contributed by atoms with E-state index in [1.807, 2.05) is 36.1 Å². The van der Waals surface area contributed by atoms with Crippen molar-refractivity contribution >= 4 is 17.7 Å². The smallest absolute Gasteiger partial charge is 0.235 e. The summed E-state index contributed by atoms with van der Waals surface area (Å²) in [6.45, 7) is 4.40. The van der Waals surface area contributed by atoms with E-state index >= 15 is 0 Å². The second-order valence-electron chi connectivity index (χ2n) is 4.64. The Morgan fingerprint density at radius 3 is 2.50 bits per heavy atom. The lowest BCUT2D eigenvalue weighted by molar-refractivity contribution is -0.129. The van der Waals surface area contributed by atoms with Gasteiger partial charge in [0.05, 0.1) is 5.25 Å². The molecular weight excluding hydrogens is 244 g/mol. The number of hydrogen-bond donors (Lipinski definition) is 1. The molecule has 0 saturated carbocycles. The molecule has 18 heavy (non-hydrogen) atoms. The average Bonchev–Trinajstić information content (AvgIpc) is 2.92. The maximum Gasteiger partial charge on any atom is 0.235 e. The summed E-state index contributed by atoms with van der Waals surface area (Å²) < 4.78 is 0. The van der Waals surface area contributed by atoms with Crippen molar-refractivity contribution in [1.29, 1.82) is 0 Å². The summed E-state index contributed by atoms with van der Waals surface area (Å²) in [5, 5.41) is -0.00757. The van der Waals surface area contributed by atoms with Crippen LogP contribution >= 0.6 is 11.8 Å². The highest BCUT2D eigenvalue weighted by Crippen LogP contribution is 2.25. The molecule has 0 aromatic heterocycles. The molecule has 2 rings (SSSR count). The largest absolute Gasteiger partial charge is 0.342 e. The Hall–Kier alpha value is -1.00. The summed E-state index contributed by atoms with van der Waals surface area (Å²) in [5.41, 5.74) is 6.69. The third kappa shape index (κ3) is 3.27. The maximum absolute atomic E-state index is 12.2. The number of amides is 1. The zero-order chi connectivity index (χ0) is 13.0. The highest BCUT2D eigenvalue weighted by atomic mass is 32.2. The van der Waals surface area contributed by atoms with E-state index in [0.717, 1.165) is 36.4 Å². The van der Waals surface area contributed by atoms with Crippen molar-refractivity contribution in [3.63, 3.8) is 0 Å². The van der Waals surface area contributed by atoms with E-state index in [2.05, 4.69) is 0 Å². The van der Waals surface area contributed by atoms with E-state index in [4.69, 9.17) is 5.73 Å². The second-order valence-corrected chi connectivity index (χ2v) is 6.05. The van der Waals surface area contributed by atoms with Crippen LogP contribution in [0.3, 0.4) is 0 Å². The van der Waals surface area contributed by atoms with Crippen LogP contribution in [0.5, 0.6) is 0 Å². The molecule has 0 bridgehead atoms. The Bertz CT molecular complexity index is 399. The molecule has 1 aromatic rings. The molecule has 1 aliphatic heterocycles. The van der Waals surface area contributed by atoms with Crippen molar-refractivity contribution in [2.45, 2.75) is 36.5 Å². The van der Waals surface area contributed by atoms with Gasteiger partial charge in [-0.05, 0) is 37.5 Å². The van der Waals surface area contributed by atoms with Crippen LogP contribution in [-0.4, -0.2) is 29.1 Å². The van der Waals surface area contributed by atoms with Crippen LogP contribution < -0.4 is 5.73 Å². The van der Waals surface area contributed by atoms with Crippen LogP contribution in [0, 0.1) is 0 Å². The second kappa shape index (κ2) is 6.25. The summed E-state index contributed by atoms with van der Waals surface area (Å²) in [5.74, 6) is 0.264. The minimum atomic E-state index is -0.00757. The van der Waals surface area contributed by atoms with Crippen LogP contribution in [0.1, 0.15) is 25.3 Å². The predicted octanol–water partition coefficient (Wildman–Crippen LogP) is 2.25. The standard InChI is InChI=1S/C14H20N2OS/c1-11(14(17)16-8-2-3-9-16)18-13-6-4-12(10-15)5-7-13/h4-7,11H,2-3,8-10,15H2,1H3. The van der Waals surface area contributed by atoms with E-state index in [1.165, 1.54) is 0 Å². The number of carbonyl (C=O) groups is 1. The zero-order valence-electron chi connectivity index (χ0n) is 10.8. The molecule has 0 spiro atoms.